The van der Waals surface area contributed by atoms with E-state index in [0.29, 0.717) is 6.54 Å². The van der Waals surface area contributed by atoms with Crippen molar-refractivity contribution in [2.24, 2.45) is 0 Å². The van der Waals surface area contributed by atoms with Gasteiger partial charge in [-0.1, -0.05) is 0 Å². The number of hydrogen-bond acceptors (Lipinski definition) is 3. The highest BCUT2D eigenvalue weighted by atomic mass is 19.2. The smallest absolute Gasteiger partial charge is 0.257 e. The fourth-order valence-corrected chi connectivity index (χ4v) is 1.34. The average molecular weight is 239 g/mol. The number of halogens is 2. The Morgan fingerprint density at radius 3 is 2.88 bits per heavy atom. The van der Waals surface area contributed by atoms with Gasteiger partial charge in [0.05, 0.1) is 18.1 Å². The highest BCUT2D eigenvalue weighted by Gasteiger charge is 2.20. The zero-order valence-electron chi connectivity index (χ0n) is 9.28. The Balaban J connectivity index is 2.94. The van der Waals surface area contributed by atoms with E-state index < -0.39 is 17.7 Å². The number of nitrogens with zero attached hydrogens (tertiary/aromatic N) is 3. The Bertz CT molecular complexity index is 457. The van der Waals surface area contributed by atoms with E-state index in [9.17, 15) is 13.6 Å². The molecular weight excluding hydrogens is 228 g/mol. The molecule has 0 bridgehead atoms. The van der Waals surface area contributed by atoms with Crippen LogP contribution < -0.4 is 0 Å². The second kappa shape index (κ2) is 5.89. The summed E-state index contributed by atoms with van der Waals surface area (Å²) in [6, 6.07) is 3.01. The summed E-state index contributed by atoms with van der Waals surface area (Å²) in [5, 5.41) is 8.43. The summed E-state index contributed by atoms with van der Waals surface area (Å²) >= 11 is 0. The molecule has 0 fully saturated rings. The first-order valence-corrected chi connectivity index (χ1v) is 5.08. The summed E-state index contributed by atoms with van der Waals surface area (Å²) in [5.74, 6) is -3.19. The summed E-state index contributed by atoms with van der Waals surface area (Å²) in [4.78, 5) is 16.2. The molecule has 0 saturated heterocycles. The highest BCUT2D eigenvalue weighted by molar-refractivity contribution is 5.94. The summed E-state index contributed by atoms with van der Waals surface area (Å²) in [7, 11) is 0. The number of amides is 1. The van der Waals surface area contributed by atoms with Crippen molar-refractivity contribution >= 4 is 5.91 Å². The van der Waals surface area contributed by atoms with Gasteiger partial charge < -0.3 is 4.90 Å². The zero-order chi connectivity index (χ0) is 12.8. The Morgan fingerprint density at radius 2 is 2.29 bits per heavy atom. The van der Waals surface area contributed by atoms with Gasteiger partial charge in [0.1, 0.15) is 0 Å². The van der Waals surface area contributed by atoms with Gasteiger partial charge in [-0.3, -0.25) is 4.79 Å². The molecule has 17 heavy (non-hydrogen) atoms. The number of carbonyl (C=O) groups is 1. The molecule has 1 heterocycles. The van der Waals surface area contributed by atoms with Crippen molar-refractivity contribution in [3.8, 4) is 6.07 Å². The van der Waals surface area contributed by atoms with Crippen LogP contribution in [0.3, 0.4) is 0 Å². The molecule has 0 saturated carbocycles. The molecule has 0 aliphatic heterocycles. The number of nitriles is 1. The molecule has 1 aromatic heterocycles. The van der Waals surface area contributed by atoms with E-state index in [-0.39, 0.29) is 18.5 Å². The van der Waals surface area contributed by atoms with Crippen LogP contribution in [0.4, 0.5) is 8.78 Å². The predicted molar refractivity (Wildman–Crippen MR) is 56.0 cm³/mol. The molecule has 0 aliphatic carbocycles. The average Bonchev–Trinajstić information content (AvgIpc) is 2.33. The van der Waals surface area contributed by atoms with Gasteiger partial charge >= 0.3 is 0 Å². The van der Waals surface area contributed by atoms with Gasteiger partial charge in [-0.2, -0.15) is 9.65 Å². The Labute approximate surface area is 97.5 Å². The second-order valence-corrected chi connectivity index (χ2v) is 3.26. The van der Waals surface area contributed by atoms with Gasteiger partial charge in [-0.05, 0) is 13.0 Å². The number of pyridine rings is 1. The third-order valence-electron chi connectivity index (χ3n) is 2.24. The van der Waals surface area contributed by atoms with Crippen molar-refractivity contribution < 1.29 is 13.6 Å². The van der Waals surface area contributed by atoms with Gasteiger partial charge in [-0.25, -0.2) is 9.37 Å². The molecule has 1 rings (SSSR count). The maximum atomic E-state index is 13.3. The van der Waals surface area contributed by atoms with Crippen molar-refractivity contribution in [3.05, 3.63) is 29.6 Å². The minimum atomic E-state index is -1.30. The van der Waals surface area contributed by atoms with Crippen molar-refractivity contribution in [2.75, 3.05) is 13.1 Å². The number of aromatic nitrogens is 1. The molecule has 0 radical (unpaired) electrons. The van der Waals surface area contributed by atoms with E-state index >= 15 is 0 Å². The highest BCUT2D eigenvalue weighted by Crippen LogP contribution is 2.12. The first-order valence-electron chi connectivity index (χ1n) is 5.08. The lowest BCUT2D eigenvalue weighted by Gasteiger charge is -2.19. The topological polar surface area (TPSA) is 57.0 Å². The van der Waals surface area contributed by atoms with Crippen LogP contribution in [0.25, 0.3) is 0 Å². The molecule has 1 aromatic rings. The minimum Gasteiger partial charge on any atom is -0.338 e. The summed E-state index contributed by atoms with van der Waals surface area (Å²) in [6.07, 6.45) is 1.18. The van der Waals surface area contributed by atoms with Crippen molar-refractivity contribution in [2.45, 2.75) is 13.3 Å². The van der Waals surface area contributed by atoms with Crippen LogP contribution in [-0.2, 0) is 0 Å². The summed E-state index contributed by atoms with van der Waals surface area (Å²) in [6.45, 7) is 2.21. The molecule has 0 N–H and O–H groups in total. The van der Waals surface area contributed by atoms with Crippen molar-refractivity contribution in [3.63, 3.8) is 0 Å². The van der Waals surface area contributed by atoms with Crippen LogP contribution in [0.15, 0.2) is 12.3 Å². The van der Waals surface area contributed by atoms with E-state index in [1.165, 1.54) is 4.90 Å². The summed E-state index contributed by atoms with van der Waals surface area (Å²) in [5.41, 5.74) is -0.364. The normalized spacial score (nSPS) is 9.76. The summed E-state index contributed by atoms with van der Waals surface area (Å²) < 4.78 is 26.2. The molecule has 0 atom stereocenters. The van der Waals surface area contributed by atoms with E-state index in [4.69, 9.17) is 5.26 Å². The van der Waals surface area contributed by atoms with Gasteiger partial charge in [0.2, 0.25) is 5.95 Å². The Morgan fingerprint density at radius 1 is 1.59 bits per heavy atom. The van der Waals surface area contributed by atoms with Crippen LogP contribution in [0, 0.1) is 23.1 Å². The third kappa shape index (κ3) is 2.97. The molecule has 0 spiro atoms. The van der Waals surface area contributed by atoms with Gasteiger partial charge in [0.25, 0.3) is 5.91 Å². The quantitative estimate of drug-likeness (QED) is 0.752. The zero-order valence-corrected chi connectivity index (χ0v) is 9.28. The maximum absolute atomic E-state index is 13.3. The standard InChI is InChI=1S/C11H11F2N3O/c1-2-16(7-3-5-14)11(17)8-4-6-15-10(13)9(8)12/h4,6H,2-3,7H2,1H3. The fourth-order valence-electron chi connectivity index (χ4n) is 1.34. The van der Waals surface area contributed by atoms with Crippen LogP contribution >= 0.6 is 0 Å². The first-order chi connectivity index (χ1) is 8.11. The third-order valence-corrected chi connectivity index (χ3v) is 2.24. The SMILES string of the molecule is CCN(CCC#N)C(=O)c1ccnc(F)c1F. The lowest BCUT2D eigenvalue weighted by atomic mass is 10.2. The van der Waals surface area contributed by atoms with E-state index in [1.54, 1.807) is 6.92 Å². The van der Waals surface area contributed by atoms with E-state index in [2.05, 4.69) is 4.98 Å². The van der Waals surface area contributed by atoms with Gasteiger partial charge in [0, 0.05) is 19.3 Å². The second-order valence-electron chi connectivity index (χ2n) is 3.26. The molecular formula is C11H11F2N3O. The fraction of sp³-hybridized carbons (Fsp3) is 0.364. The predicted octanol–water partition coefficient (Wildman–Crippen LogP) is 1.74. The number of rotatable bonds is 4. The molecule has 4 nitrogen and oxygen atoms in total. The van der Waals surface area contributed by atoms with E-state index in [1.807, 2.05) is 6.07 Å². The van der Waals surface area contributed by atoms with Crippen molar-refractivity contribution in [1.82, 2.24) is 9.88 Å². The minimum absolute atomic E-state index is 0.148. The molecule has 0 aliphatic rings. The van der Waals surface area contributed by atoms with Crippen molar-refractivity contribution in [1.29, 1.82) is 5.26 Å². The van der Waals surface area contributed by atoms with E-state index in [0.717, 1.165) is 12.3 Å². The molecule has 90 valence electrons. The lowest BCUT2D eigenvalue weighted by Crippen LogP contribution is -2.32. The van der Waals surface area contributed by atoms with Gasteiger partial charge in [0.15, 0.2) is 5.82 Å². The molecule has 0 aromatic carbocycles. The molecule has 1 amide bonds. The molecule has 6 heteroatoms. The number of carbonyl (C=O) groups excluding carboxylic acids is 1. The Kier molecular flexibility index (Phi) is 4.52. The van der Waals surface area contributed by atoms with Crippen LogP contribution in [-0.4, -0.2) is 28.9 Å². The monoisotopic (exact) mass is 239 g/mol. The van der Waals surface area contributed by atoms with Gasteiger partial charge in [-0.15, -0.1) is 0 Å². The van der Waals surface area contributed by atoms with Crippen LogP contribution in [0.5, 0.6) is 0 Å². The Hall–Kier alpha value is -2.03. The molecule has 0 unspecified atom stereocenters. The maximum Gasteiger partial charge on any atom is 0.257 e. The largest absolute Gasteiger partial charge is 0.338 e. The van der Waals surface area contributed by atoms with Crippen LogP contribution in [0.1, 0.15) is 23.7 Å². The van der Waals surface area contributed by atoms with Crippen LogP contribution in [0.2, 0.25) is 0 Å². The first kappa shape index (κ1) is 13.0. The lowest BCUT2D eigenvalue weighted by molar-refractivity contribution is 0.0761. The number of hydrogen-bond donors (Lipinski definition) is 0.